The van der Waals surface area contributed by atoms with Crippen molar-refractivity contribution in [3.63, 3.8) is 0 Å². The summed E-state index contributed by atoms with van der Waals surface area (Å²) in [4.78, 5) is 15.7. The number of anilines is 1. The minimum atomic E-state index is -1.23. The molecule has 8 heteroatoms. The Morgan fingerprint density at radius 2 is 2.19 bits per heavy atom. The van der Waals surface area contributed by atoms with Gasteiger partial charge < -0.3 is 14.3 Å². The summed E-state index contributed by atoms with van der Waals surface area (Å²) in [5, 5.41) is 21.4. The highest BCUT2D eigenvalue weighted by molar-refractivity contribution is 5.91. The van der Waals surface area contributed by atoms with Crippen LogP contribution in [0.25, 0.3) is 28.1 Å². The van der Waals surface area contributed by atoms with E-state index in [2.05, 4.69) is 10.3 Å². The number of hydrogen-bond acceptors (Lipinski definition) is 5. The molecule has 8 nitrogen and oxygen atoms in total. The molecule has 4 rings (SSSR count). The molecule has 4 aromatic rings. The Morgan fingerprint density at radius 1 is 1.35 bits per heavy atom. The van der Waals surface area contributed by atoms with Gasteiger partial charge in [0.1, 0.15) is 22.7 Å². The fraction of sp³-hybridized carbons (Fsp3) is 0.0556. The zero-order valence-corrected chi connectivity index (χ0v) is 13.6. The average Bonchev–Trinajstić information content (AvgIpc) is 3.21. The van der Waals surface area contributed by atoms with Crippen LogP contribution in [0.2, 0.25) is 0 Å². The first kappa shape index (κ1) is 15.5. The predicted octanol–water partition coefficient (Wildman–Crippen LogP) is 3.72. The summed E-state index contributed by atoms with van der Waals surface area (Å²) in [6.45, 7) is 0. The average molecular weight is 348 g/mol. The number of benzene rings is 1. The zero-order chi connectivity index (χ0) is 18.3. The maximum atomic E-state index is 11.2. The highest BCUT2D eigenvalue weighted by Gasteiger charge is 2.20. The van der Waals surface area contributed by atoms with Gasteiger partial charge in [-0.05, 0) is 36.4 Å². The van der Waals surface area contributed by atoms with Crippen molar-refractivity contribution in [2.24, 2.45) is 0 Å². The van der Waals surface area contributed by atoms with E-state index in [4.69, 9.17) is 14.4 Å². The number of methoxy groups -OCH3 is 1. The van der Waals surface area contributed by atoms with Gasteiger partial charge in [0.05, 0.1) is 18.7 Å². The van der Waals surface area contributed by atoms with E-state index >= 15 is 0 Å². The lowest BCUT2D eigenvalue weighted by Crippen LogP contribution is -2.10. The lowest BCUT2D eigenvalue weighted by atomic mass is 10.2. The number of fused-ring (bicyclic) bond motifs is 2. The van der Waals surface area contributed by atoms with Crippen molar-refractivity contribution in [3.05, 3.63) is 48.2 Å². The number of hydrogen-bond donors (Lipinski definition) is 2. The molecular formula is C18H12N4O4. The first-order valence-electron chi connectivity index (χ1n) is 7.59. The fourth-order valence-electron chi connectivity index (χ4n) is 2.77. The van der Waals surface area contributed by atoms with Crippen molar-refractivity contribution in [1.29, 1.82) is 5.26 Å². The minimum absolute atomic E-state index is 0.239. The number of aromatic nitrogens is 2. The Hall–Kier alpha value is -3.99. The maximum absolute atomic E-state index is 11.2. The van der Waals surface area contributed by atoms with Crippen LogP contribution in [-0.2, 0) is 0 Å². The number of furan rings is 1. The molecule has 0 saturated carbocycles. The van der Waals surface area contributed by atoms with Crippen LogP contribution in [0.5, 0.6) is 5.75 Å². The van der Waals surface area contributed by atoms with Crippen LogP contribution >= 0.6 is 0 Å². The second-order valence-electron chi connectivity index (χ2n) is 5.51. The predicted molar refractivity (Wildman–Crippen MR) is 93.3 cm³/mol. The monoisotopic (exact) mass is 348 g/mol. The molecule has 0 fully saturated rings. The first-order chi connectivity index (χ1) is 12.6. The van der Waals surface area contributed by atoms with E-state index in [1.807, 2.05) is 12.1 Å². The number of amides is 1. The summed E-state index contributed by atoms with van der Waals surface area (Å²) < 4.78 is 12.6. The van der Waals surface area contributed by atoms with E-state index < -0.39 is 6.09 Å². The van der Waals surface area contributed by atoms with Gasteiger partial charge >= 0.3 is 6.09 Å². The van der Waals surface area contributed by atoms with Crippen molar-refractivity contribution in [3.8, 4) is 23.3 Å². The van der Waals surface area contributed by atoms with Gasteiger partial charge in [-0.3, -0.25) is 9.72 Å². The smallest absolute Gasteiger partial charge is 0.410 e. The van der Waals surface area contributed by atoms with Gasteiger partial charge in [0, 0.05) is 11.6 Å². The number of rotatable bonds is 3. The van der Waals surface area contributed by atoms with E-state index in [9.17, 15) is 9.90 Å². The van der Waals surface area contributed by atoms with Crippen molar-refractivity contribution in [2.75, 3.05) is 12.4 Å². The highest BCUT2D eigenvalue weighted by atomic mass is 16.5. The summed E-state index contributed by atoms with van der Waals surface area (Å²) in [5.41, 5.74) is 1.81. The van der Waals surface area contributed by atoms with E-state index in [0.29, 0.717) is 34.0 Å². The molecule has 3 heterocycles. The molecule has 1 aromatic carbocycles. The van der Waals surface area contributed by atoms with Gasteiger partial charge in [0.15, 0.2) is 11.6 Å². The number of carbonyl (C=O) groups is 1. The molecule has 128 valence electrons. The van der Waals surface area contributed by atoms with Crippen LogP contribution in [0, 0.1) is 11.3 Å². The number of nitrogens with one attached hydrogen (secondary N) is 1. The first-order valence-corrected chi connectivity index (χ1v) is 7.59. The summed E-state index contributed by atoms with van der Waals surface area (Å²) in [5.74, 6) is 1.32. The molecule has 2 N–H and O–H groups in total. The molecule has 0 aliphatic rings. The van der Waals surface area contributed by atoms with E-state index in [1.165, 1.54) is 0 Å². The van der Waals surface area contributed by atoms with Crippen molar-refractivity contribution in [2.45, 2.75) is 0 Å². The molecule has 0 spiro atoms. The van der Waals surface area contributed by atoms with E-state index in [-0.39, 0.29) is 5.82 Å². The molecule has 0 atom stereocenters. The molecule has 0 bridgehead atoms. The highest BCUT2D eigenvalue weighted by Crippen LogP contribution is 2.34. The van der Waals surface area contributed by atoms with Crippen molar-refractivity contribution >= 4 is 28.5 Å². The van der Waals surface area contributed by atoms with E-state index in [1.54, 1.807) is 48.0 Å². The Morgan fingerprint density at radius 3 is 2.92 bits per heavy atom. The van der Waals surface area contributed by atoms with Gasteiger partial charge in [-0.25, -0.2) is 9.78 Å². The minimum Gasteiger partial charge on any atom is -0.497 e. The van der Waals surface area contributed by atoms with Crippen LogP contribution < -0.4 is 10.1 Å². The Kier molecular flexibility index (Phi) is 3.48. The van der Waals surface area contributed by atoms with Crippen LogP contribution in [-0.4, -0.2) is 27.7 Å². The summed E-state index contributed by atoms with van der Waals surface area (Å²) in [7, 11) is 1.58. The third kappa shape index (κ3) is 2.48. The Labute approximate surface area is 146 Å². The van der Waals surface area contributed by atoms with Gasteiger partial charge in [-0.1, -0.05) is 0 Å². The SMILES string of the molecule is COc1ccc2oc(-c3nc4cc(C#N)ccn4c3NC(=O)O)cc2c1. The molecule has 0 radical (unpaired) electrons. The Bertz CT molecular complexity index is 1200. The van der Waals surface area contributed by atoms with Gasteiger partial charge in [0.25, 0.3) is 0 Å². The molecule has 1 amide bonds. The van der Waals surface area contributed by atoms with Crippen molar-refractivity contribution < 1.29 is 19.1 Å². The number of nitrogens with zero attached hydrogens (tertiary/aromatic N) is 3. The van der Waals surface area contributed by atoms with Crippen LogP contribution in [0.3, 0.4) is 0 Å². The number of nitriles is 1. The van der Waals surface area contributed by atoms with Crippen molar-refractivity contribution in [1.82, 2.24) is 9.38 Å². The van der Waals surface area contributed by atoms with Crippen LogP contribution in [0.1, 0.15) is 5.56 Å². The number of ether oxygens (including phenoxy) is 1. The second-order valence-corrected chi connectivity index (χ2v) is 5.51. The van der Waals surface area contributed by atoms with E-state index in [0.717, 1.165) is 5.39 Å². The van der Waals surface area contributed by atoms with Gasteiger partial charge in [0.2, 0.25) is 0 Å². The largest absolute Gasteiger partial charge is 0.497 e. The van der Waals surface area contributed by atoms with Gasteiger partial charge in [-0.15, -0.1) is 0 Å². The molecule has 0 aliphatic carbocycles. The molecule has 0 saturated heterocycles. The number of carboxylic acid groups (broad SMARTS) is 1. The molecule has 0 aliphatic heterocycles. The zero-order valence-electron chi connectivity index (χ0n) is 13.6. The molecule has 0 unspecified atom stereocenters. The standard InChI is InChI=1S/C18H12N4O4/c1-25-12-2-3-13-11(7-12)8-14(26-13)16-17(21-18(23)24)22-5-4-10(9-19)6-15(22)20-16/h2-8,21H,1H3,(H,23,24). The summed E-state index contributed by atoms with van der Waals surface area (Å²) in [6, 6.07) is 12.3. The number of pyridine rings is 1. The molecular weight excluding hydrogens is 336 g/mol. The van der Waals surface area contributed by atoms with Crippen LogP contribution in [0.15, 0.2) is 47.0 Å². The normalized spacial score (nSPS) is 10.8. The van der Waals surface area contributed by atoms with Crippen LogP contribution in [0.4, 0.5) is 10.6 Å². The topological polar surface area (TPSA) is 113 Å². The molecule has 3 aromatic heterocycles. The maximum Gasteiger partial charge on any atom is 0.410 e. The third-order valence-electron chi connectivity index (χ3n) is 3.94. The second kappa shape index (κ2) is 5.82. The Balaban J connectivity index is 1.94. The quantitative estimate of drug-likeness (QED) is 0.583. The van der Waals surface area contributed by atoms with Gasteiger partial charge in [-0.2, -0.15) is 5.26 Å². The molecule has 26 heavy (non-hydrogen) atoms. The summed E-state index contributed by atoms with van der Waals surface area (Å²) in [6.07, 6.45) is 0.358. The third-order valence-corrected chi connectivity index (χ3v) is 3.94. The number of imidazole rings is 1. The fourth-order valence-corrected chi connectivity index (χ4v) is 2.77. The lowest BCUT2D eigenvalue weighted by Gasteiger charge is -2.02. The summed E-state index contributed by atoms with van der Waals surface area (Å²) >= 11 is 0. The lowest BCUT2D eigenvalue weighted by molar-refractivity contribution is 0.209.